The third-order valence-electron chi connectivity index (χ3n) is 1.51. The minimum atomic E-state index is -4.76. The van der Waals surface area contributed by atoms with Crippen LogP contribution in [-0.4, -0.2) is 13.5 Å². The number of halogens is 4. The minimum Gasteiger partial charge on any atom is -0.493 e. The Morgan fingerprint density at radius 1 is 1.27 bits per heavy atom. The summed E-state index contributed by atoms with van der Waals surface area (Å²) in [6, 6.07) is 2.34. The molecule has 1 aromatic carbocycles. The van der Waals surface area contributed by atoms with E-state index in [1.165, 1.54) is 13.2 Å². The summed E-state index contributed by atoms with van der Waals surface area (Å²) in [6.07, 6.45) is -4.76. The van der Waals surface area contributed by atoms with Gasteiger partial charge in [-0.05, 0) is 15.9 Å². The highest BCUT2D eigenvalue weighted by atomic mass is 79.9. The third-order valence-corrected chi connectivity index (χ3v) is 2.20. The van der Waals surface area contributed by atoms with E-state index in [4.69, 9.17) is 10.5 Å². The van der Waals surface area contributed by atoms with Gasteiger partial charge >= 0.3 is 6.36 Å². The summed E-state index contributed by atoms with van der Waals surface area (Å²) < 4.78 is 44.7. The molecule has 0 heterocycles. The van der Waals surface area contributed by atoms with Crippen LogP contribution in [0.5, 0.6) is 11.5 Å². The van der Waals surface area contributed by atoms with Crippen LogP contribution in [0.2, 0.25) is 0 Å². The molecule has 0 spiro atoms. The molecule has 0 saturated carbocycles. The molecule has 1 rings (SSSR count). The third kappa shape index (κ3) is 3.19. The maximum atomic E-state index is 12.0. The van der Waals surface area contributed by atoms with E-state index in [0.717, 1.165) is 6.07 Å². The van der Waals surface area contributed by atoms with Crippen LogP contribution in [0.15, 0.2) is 16.6 Å². The number of benzene rings is 1. The highest BCUT2D eigenvalue weighted by molar-refractivity contribution is 9.10. The average Bonchev–Trinajstić information content (AvgIpc) is 2.08. The van der Waals surface area contributed by atoms with Crippen molar-refractivity contribution in [1.82, 2.24) is 0 Å². The van der Waals surface area contributed by atoms with E-state index in [1.54, 1.807) is 0 Å². The first-order valence-electron chi connectivity index (χ1n) is 3.72. The Morgan fingerprint density at radius 2 is 1.87 bits per heavy atom. The summed E-state index contributed by atoms with van der Waals surface area (Å²) >= 11 is 2.99. The fourth-order valence-electron chi connectivity index (χ4n) is 0.915. The standard InChI is InChI=1S/C8H7BrF3NO2/c1-14-6-3-5(13)4(9)2-7(6)15-8(10,11)12/h2-3H,13H2,1H3. The first kappa shape index (κ1) is 12.0. The van der Waals surface area contributed by atoms with Crippen LogP contribution in [-0.2, 0) is 0 Å². The fourth-order valence-corrected chi connectivity index (χ4v) is 1.24. The number of alkyl halides is 3. The zero-order valence-electron chi connectivity index (χ0n) is 7.56. The molecule has 0 unspecified atom stereocenters. The van der Waals surface area contributed by atoms with Crippen molar-refractivity contribution in [1.29, 1.82) is 0 Å². The van der Waals surface area contributed by atoms with E-state index in [0.29, 0.717) is 4.47 Å². The predicted octanol–water partition coefficient (Wildman–Crippen LogP) is 2.94. The molecular formula is C8H7BrF3NO2. The molecule has 3 nitrogen and oxygen atoms in total. The number of hydrogen-bond acceptors (Lipinski definition) is 3. The van der Waals surface area contributed by atoms with Crippen LogP contribution >= 0.6 is 15.9 Å². The van der Waals surface area contributed by atoms with Gasteiger partial charge in [0.15, 0.2) is 11.5 Å². The Morgan fingerprint density at radius 3 is 2.33 bits per heavy atom. The molecule has 0 atom stereocenters. The van der Waals surface area contributed by atoms with Gasteiger partial charge in [-0.3, -0.25) is 0 Å². The number of nitrogen functional groups attached to an aromatic ring is 1. The van der Waals surface area contributed by atoms with Crippen molar-refractivity contribution in [2.45, 2.75) is 6.36 Å². The van der Waals surface area contributed by atoms with E-state index in [1.807, 2.05) is 0 Å². The van der Waals surface area contributed by atoms with Gasteiger partial charge in [-0.15, -0.1) is 13.2 Å². The van der Waals surface area contributed by atoms with Crippen molar-refractivity contribution in [3.8, 4) is 11.5 Å². The second-order valence-electron chi connectivity index (χ2n) is 2.57. The lowest BCUT2D eigenvalue weighted by molar-refractivity contribution is -0.275. The Balaban J connectivity index is 3.11. The van der Waals surface area contributed by atoms with Crippen LogP contribution < -0.4 is 15.2 Å². The Labute approximate surface area is 92.1 Å². The van der Waals surface area contributed by atoms with Crippen LogP contribution in [0.1, 0.15) is 0 Å². The zero-order chi connectivity index (χ0) is 11.6. The maximum absolute atomic E-state index is 12.0. The van der Waals surface area contributed by atoms with Crippen LogP contribution in [0.3, 0.4) is 0 Å². The van der Waals surface area contributed by atoms with Gasteiger partial charge in [0.1, 0.15) is 0 Å². The molecule has 7 heteroatoms. The molecule has 0 aliphatic heterocycles. The molecular weight excluding hydrogens is 279 g/mol. The van der Waals surface area contributed by atoms with Gasteiger partial charge in [0.2, 0.25) is 0 Å². The number of rotatable bonds is 2. The van der Waals surface area contributed by atoms with E-state index < -0.39 is 12.1 Å². The smallest absolute Gasteiger partial charge is 0.493 e. The van der Waals surface area contributed by atoms with Crippen molar-refractivity contribution in [3.05, 3.63) is 16.6 Å². The fraction of sp³-hybridized carbons (Fsp3) is 0.250. The molecule has 0 saturated heterocycles. The molecule has 2 N–H and O–H groups in total. The lowest BCUT2D eigenvalue weighted by atomic mass is 10.3. The van der Waals surface area contributed by atoms with Gasteiger partial charge in [-0.1, -0.05) is 0 Å². The van der Waals surface area contributed by atoms with E-state index in [2.05, 4.69) is 20.7 Å². The topological polar surface area (TPSA) is 44.5 Å². The lowest BCUT2D eigenvalue weighted by Gasteiger charge is -2.13. The number of ether oxygens (including phenoxy) is 2. The first-order valence-corrected chi connectivity index (χ1v) is 4.51. The molecule has 0 bridgehead atoms. The number of methoxy groups -OCH3 is 1. The molecule has 0 aliphatic carbocycles. The Kier molecular flexibility index (Phi) is 3.33. The summed E-state index contributed by atoms with van der Waals surface area (Å²) in [5.41, 5.74) is 5.73. The monoisotopic (exact) mass is 285 g/mol. The number of nitrogens with two attached hydrogens (primary N) is 1. The lowest BCUT2D eigenvalue weighted by Crippen LogP contribution is -2.17. The summed E-state index contributed by atoms with van der Waals surface area (Å²) in [4.78, 5) is 0. The van der Waals surface area contributed by atoms with Crippen molar-refractivity contribution >= 4 is 21.6 Å². The normalized spacial score (nSPS) is 11.3. The van der Waals surface area contributed by atoms with Crippen LogP contribution in [0.25, 0.3) is 0 Å². The molecule has 0 amide bonds. The Hall–Kier alpha value is -1.11. The highest BCUT2D eigenvalue weighted by Gasteiger charge is 2.32. The first-order chi connectivity index (χ1) is 6.83. The largest absolute Gasteiger partial charge is 0.573 e. The molecule has 0 aliphatic rings. The van der Waals surface area contributed by atoms with Crippen LogP contribution in [0, 0.1) is 0 Å². The molecule has 84 valence electrons. The van der Waals surface area contributed by atoms with E-state index >= 15 is 0 Å². The molecule has 0 fully saturated rings. The van der Waals surface area contributed by atoms with Gasteiger partial charge in [0.05, 0.1) is 7.11 Å². The average molecular weight is 286 g/mol. The summed E-state index contributed by atoms with van der Waals surface area (Å²) in [6.45, 7) is 0. The molecule has 0 radical (unpaired) electrons. The second kappa shape index (κ2) is 4.18. The second-order valence-corrected chi connectivity index (χ2v) is 3.43. The van der Waals surface area contributed by atoms with Crippen molar-refractivity contribution in [3.63, 3.8) is 0 Å². The highest BCUT2D eigenvalue weighted by Crippen LogP contribution is 2.37. The van der Waals surface area contributed by atoms with Gasteiger partial charge in [-0.2, -0.15) is 0 Å². The van der Waals surface area contributed by atoms with Crippen molar-refractivity contribution < 1.29 is 22.6 Å². The molecule has 1 aromatic rings. The summed E-state index contributed by atoms with van der Waals surface area (Å²) in [7, 11) is 1.23. The van der Waals surface area contributed by atoms with E-state index in [-0.39, 0.29) is 11.4 Å². The minimum absolute atomic E-state index is 0.0759. The number of hydrogen-bond donors (Lipinski definition) is 1. The van der Waals surface area contributed by atoms with Crippen molar-refractivity contribution in [2.24, 2.45) is 0 Å². The summed E-state index contributed by atoms with van der Waals surface area (Å²) in [5.74, 6) is -0.515. The van der Waals surface area contributed by atoms with Crippen molar-refractivity contribution in [2.75, 3.05) is 12.8 Å². The van der Waals surface area contributed by atoms with Gasteiger partial charge in [0.25, 0.3) is 0 Å². The Bertz CT molecular complexity index is 368. The maximum Gasteiger partial charge on any atom is 0.573 e. The van der Waals surface area contributed by atoms with Gasteiger partial charge in [-0.25, -0.2) is 0 Å². The quantitative estimate of drug-likeness (QED) is 0.850. The summed E-state index contributed by atoms with van der Waals surface area (Å²) in [5, 5.41) is 0. The zero-order valence-corrected chi connectivity index (χ0v) is 9.15. The predicted molar refractivity (Wildman–Crippen MR) is 51.8 cm³/mol. The van der Waals surface area contributed by atoms with Gasteiger partial charge in [0, 0.05) is 22.3 Å². The number of anilines is 1. The van der Waals surface area contributed by atoms with E-state index in [9.17, 15) is 13.2 Å². The SMILES string of the molecule is COc1cc(N)c(Br)cc1OC(F)(F)F. The van der Waals surface area contributed by atoms with Crippen LogP contribution in [0.4, 0.5) is 18.9 Å². The molecule has 0 aromatic heterocycles. The van der Waals surface area contributed by atoms with Gasteiger partial charge < -0.3 is 15.2 Å². The molecule has 15 heavy (non-hydrogen) atoms.